The Bertz CT molecular complexity index is 785. The van der Waals surface area contributed by atoms with Crippen molar-refractivity contribution < 1.29 is 19.9 Å². The number of phenolic OH excluding ortho intramolecular Hbond substituents is 2. The molecule has 2 rings (SSSR count). The highest BCUT2D eigenvalue weighted by atomic mass is 16.6. The maximum absolute atomic E-state index is 11.8. The molecule has 23 heavy (non-hydrogen) atoms. The van der Waals surface area contributed by atoms with Gasteiger partial charge in [0, 0.05) is 11.3 Å². The zero-order valence-corrected chi connectivity index (χ0v) is 11.7. The number of phenols is 2. The smallest absolute Gasteiger partial charge is 0.508 e. The Balaban J connectivity index is 2.00. The number of hydrazone groups is 1. The Morgan fingerprint density at radius 1 is 1.48 bits per heavy atom. The van der Waals surface area contributed by atoms with Gasteiger partial charge in [0.25, 0.3) is 5.91 Å². The third kappa shape index (κ3) is 3.96. The largest absolute Gasteiger partial charge is 0.514 e. The Morgan fingerprint density at radius 3 is 2.83 bits per heavy atom. The number of hydrogen-bond donors (Lipinski definition) is 3. The summed E-state index contributed by atoms with van der Waals surface area (Å²) in [5.41, 5.74) is 2.45. The van der Waals surface area contributed by atoms with Crippen LogP contribution in [0, 0.1) is 10.1 Å². The summed E-state index contributed by atoms with van der Waals surface area (Å²) in [5, 5.41) is 43.1. The molecule has 0 bridgehead atoms. The van der Waals surface area contributed by atoms with Gasteiger partial charge in [-0.3, -0.25) is 4.79 Å². The quantitative estimate of drug-likeness (QED) is 0.386. The van der Waals surface area contributed by atoms with E-state index < -0.39 is 22.5 Å². The molecule has 3 N–H and O–H groups in total. The van der Waals surface area contributed by atoms with Crippen molar-refractivity contribution in [1.29, 1.82) is 0 Å². The molecule has 1 aromatic heterocycles. The SMILES string of the molecule is C/C(Cn1nnc([N+](=O)[O-])n1)=N/NC(=O)c1ccc(O)cc1O. The fraction of sp³-hybridized carbons (Fsp3) is 0.182. The second kappa shape index (κ2) is 6.46. The molecule has 0 aliphatic heterocycles. The van der Waals surface area contributed by atoms with Crippen molar-refractivity contribution in [3.8, 4) is 11.5 Å². The zero-order valence-electron chi connectivity index (χ0n) is 11.7. The predicted octanol–water partition coefficient (Wildman–Crippen LogP) is -0.202. The molecule has 0 unspecified atom stereocenters. The number of nitrogens with zero attached hydrogens (tertiary/aromatic N) is 6. The molecule has 12 nitrogen and oxygen atoms in total. The van der Waals surface area contributed by atoms with Gasteiger partial charge in [-0.05, 0) is 24.0 Å². The minimum Gasteiger partial charge on any atom is -0.508 e. The van der Waals surface area contributed by atoms with E-state index in [0.717, 1.165) is 10.9 Å². The van der Waals surface area contributed by atoms with Gasteiger partial charge in [0.05, 0.1) is 21.5 Å². The molecule has 0 spiro atoms. The van der Waals surface area contributed by atoms with Crippen LogP contribution < -0.4 is 5.43 Å². The minimum absolute atomic E-state index is 0.0251. The third-order valence-corrected chi connectivity index (χ3v) is 2.55. The number of aromatic nitrogens is 4. The summed E-state index contributed by atoms with van der Waals surface area (Å²) in [5.74, 6) is -1.92. The van der Waals surface area contributed by atoms with Crippen LogP contribution in [0.25, 0.3) is 0 Å². The Labute approximate surface area is 128 Å². The second-order valence-corrected chi connectivity index (χ2v) is 4.37. The molecule has 1 heterocycles. The first-order valence-corrected chi connectivity index (χ1v) is 6.14. The van der Waals surface area contributed by atoms with E-state index in [9.17, 15) is 20.0 Å². The van der Waals surface area contributed by atoms with E-state index in [-0.39, 0.29) is 17.9 Å². The fourth-order valence-corrected chi connectivity index (χ4v) is 1.53. The van der Waals surface area contributed by atoms with Crippen LogP contribution in [0.2, 0.25) is 0 Å². The minimum atomic E-state index is -0.786. The summed E-state index contributed by atoms with van der Waals surface area (Å²) in [4.78, 5) is 22.4. The third-order valence-electron chi connectivity index (χ3n) is 2.55. The molecule has 0 saturated carbocycles. The van der Waals surface area contributed by atoms with E-state index in [2.05, 4.69) is 25.9 Å². The average molecular weight is 321 g/mol. The van der Waals surface area contributed by atoms with Crippen LogP contribution in [0.5, 0.6) is 11.5 Å². The standard InChI is InChI=1S/C11H11N7O5/c1-6(5-17-15-11(14-16-17)18(22)23)12-13-10(21)8-3-2-7(19)4-9(8)20/h2-4,19-20H,5H2,1H3,(H,13,21)/b12-6-. The molecule has 0 aliphatic rings. The van der Waals surface area contributed by atoms with E-state index in [0.29, 0.717) is 5.71 Å². The molecule has 1 amide bonds. The van der Waals surface area contributed by atoms with Crippen molar-refractivity contribution in [2.75, 3.05) is 0 Å². The Kier molecular flexibility index (Phi) is 4.44. The first-order chi connectivity index (χ1) is 10.9. The maximum Gasteiger partial charge on any atom is 0.514 e. The number of nitro groups is 1. The van der Waals surface area contributed by atoms with Gasteiger partial charge in [-0.25, -0.2) is 5.43 Å². The van der Waals surface area contributed by atoms with Crippen LogP contribution in [0.3, 0.4) is 0 Å². The second-order valence-electron chi connectivity index (χ2n) is 4.37. The normalized spacial score (nSPS) is 11.3. The Morgan fingerprint density at radius 2 is 2.22 bits per heavy atom. The molecule has 1 aromatic carbocycles. The molecule has 0 atom stereocenters. The molecule has 2 aromatic rings. The number of tetrazole rings is 1. The van der Waals surface area contributed by atoms with Crippen LogP contribution >= 0.6 is 0 Å². The van der Waals surface area contributed by atoms with Crippen molar-refractivity contribution in [2.45, 2.75) is 13.5 Å². The van der Waals surface area contributed by atoms with E-state index >= 15 is 0 Å². The van der Waals surface area contributed by atoms with Crippen LogP contribution in [0.1, 0.15) is 17.3 Å². The summed E-state index contributed by atoms with van der Waals surface area (Å²) in [7, 11) is 0. The summed E-state index contributed by atoms with van der Waals surface area (Å²) in [6, 6.07) is 3.49. The number of rotatable bonds is 5. The highest BCUT2D eigenvalue weighted by Crippen LogP contribution is 2.22. The highest BCUT2D eigenvalue weighted by molar-refractivity contribution is 5.97. The molecule has 0 fully saturated rings. The summed E-state index contributed by atoms with van der Waals surface area (Å²) in [6.07, 6.45) is 0. The number of nitrogens with one attached hydrogen (secondary N) is 1. The van der Waals surface area contributed by atoms with Gasteiger partial charge in [0.2, 0.25) is 0 Å². The van der Waals surface area contributed by atoms with Gasteiger partial charge in [0.1, 0.15) is 18.0 Å². The number of hydrogen-bond acceptors (Lipinski definition) is 9. The molecular weight excluding hydrogens is 310 g/mol. The number of amides is 1. The van der Waals surface area contributed by atoms with Gasteiger partial charge in [-0.2, -0.15) is 5.10 Å². The highest BCUT2D eigenvalue weighted by Gasteiger charge is 2.16. The van der Waals surface area contributed by atoms with E-state index in [1.807, 2.05) is 0 Å². The predicted molar refractivity (Wildman–Crippen MR) is 74.8 cm³/mol. The van der Waals surface area contributed by atoms with E-state index in [1.165, 1.54) is 19.1 Å². The lowest BCUT2D eigenvalue weighted by Gasteiger charge is -2.04. The van der Waals surface area contributed by atoms with E-state index in [4.69, 9.17) is 5.11 Å². The lowest BCUT2D eigenvalue weighted by atomic mass is 10.2. The fourth-order valence-electron chi connectivity index (χ4n) is 1.53. The first kappa shape index (κ1) is 15.8. The van der Waals surface area contributed by atoms with Gasteiger partial charge in [0.15, 0.2) is 0 Å². The lowest BCUT2D eigenvalue weighted by molar-refractivity contribution is -0.394. The first-order valence-electron chi connectivity index (χ1n) is 6.14. The molecular formula is C11H11N7O5. The van der Waals surface area contributed by atoms with Crippen molar-refractivity contribution >= 4 is 17.6 Å². The van der Waals surface area contributed by atoms with Crippen LogP contribution in [0.4, 0.5) is 5.95 Å². The van der Waals surface area contributed by atoms with Crippen molar-refractivity contribution in [3.05, 3.63) is 33.9 Å². The number of aromatic hydroxyl groups is 2. The zero-order chi connectivity index (χ0) is 17.0. The van der Waals surface area contributed by atoms with Crippen LogP contribution in [-0.2, 0) is 6.54 Å². The van der Waals surface area contributed by atoms with Gasteiger partial charge < -0.3 is 20.3 Å². The van der Waals surface area contributed by atoms with Crippen LogP contribution in [0.15, 0.2) is 23.3 Å². The van der Waals surface area contributed by atoms with Gasteiger partial charge in [-0.15, -0.1) is 0 Å². The monoisotopic (exact) mass is 321 g/mol. The number of carbonyl (C=O) groups is 1. The average Bonchev–Trinajstić information content (AvgIpc) is 2.93. The van der Waals surface area contributed by atoms with Crippen LogP contribution in [-0.4, -0.2) is 47.0 Å². The molecule has 120 valence electrons. The van der Waals surface area contributed by atoms with Crippen molar-refractivity contribution in [2.24, 2.45) is 5.10 Å². The summed E-state index contributed by atoms with van der Waals surface area (Å²) < 4.78 is 0. The van der Waals surface area contributed by atoms with Gasteiger partial charge in [-0.1, -0.05) is 4.80 Å². The number of benzene rings is 1. The lowest BCUT2D eigenvalue weighted by Crippen LogP contribution is -2.21. The Hall–Kier alpha value is -3.57. The molecule has 0 radical (unpaired) electrons. The summed E-state index contributed by atoms with van der Waals surface area (Å²) >= 11 is 0. The topological polar surface area (TPSA) is 169 Å². The molecule has 0 aliphatic carbocycles. The maximum atomic E-state index is 11.8. The molecule has 0 saturated heterocycles. The molecule has 12 heteroatoms. The van der Waals surface area contributed by atoms with Gasteiger partial charge >= 0.3 is 5.95 Å². The summed E-state index contributed by atoms with van der Waals surface area (Å²) in [6.45, 7) is 1.51. The van der Waals surface area contributed by atoms with E-state index in [1.54, 1.807) is 0 Å². The van der Waals surface area contributed by atoms with Crippen molar-refractivity contribution in [1.82, 2.24) is 25.6 Å². The number of carbonyl (C=O) groups excluding carboxylic acids is 1. The van der Waals surface area contributed by atoms with Crippen molar-refractivity contribution in [3.63, 3.8) is 0 Å².